The zero-order valence-corrected chi connectivity index (χ0v) is 18.0. The van der Waals surface area contributed by atoms with Crippen LogP contribution in [0.4, 0.5) is 11.4 Å². The highest BCUT2D eigenvalue weighted by atomic mass is 35.5. The number of carbonyl (C=O) groups excluding carboxylic acids is 2. The quantitative estimate of drug-likeness (QED) is 0.514. The van der Waals surface area contributed by atoms with Crippen LogP contribution >= 0.6 is 11.6 Å². The van der Waals surface area contributed by atoms with Gasteiger partial charge >= 0.3 is 0 Å². The maximum absolute atomic E-state index is 12.6. The minimum Gasteiger partial charge on any atom is -0.326 e. The fourth-order valence-electron chi connectivity index (χ4n) is 3.00. The average molecular weight is 432 g/mol. The van der Waals surface area contributed by atoms with Gasteiger partial charge < -0.3 is 10.6 Å². The van der Waals surface area contributed by atoms with Crippen molar-refractivity contribution < 1.29 is 9.59 Å². The van der Waals surface area contributed by atoms with Crippen LogP contribution in [0.1, 0.15) is 41.3 Å². The van der Waals surface area contributed by atoms with Gasteiger partial charge in [-0.1, -0.05) is 61.8 Å². The molecule has 0 saturated heterocycles. The zero-order chi connectivity index (χ0) is 22.4. The number of halogens is 1. The van der Waals surface area contributed by atoms with Gasteiger partial charge in [-0.05, 0) is 47.5 Å². The molecule has 0 aliphatic heterocycles. The first-order valence-electron chi connectivity index (χ1n) is 9.85. The van der Waals surface area contributed by atoms with E-state index in [0.717, 1.165) is 5.56 Å². The summed E-state index contributed by atoms with van der Waals surface area (Å²) in [6, 6.07) is 23.5. The van der Waals surface area contributed by atoms with Crippen molar-refractivity contribution in [2.75, 3.05) is 10.6 Å². The first-order valence-corrected chi connectivity index (χ1v) is 10.2. The topological polar surface area (TPSA) is 82.0 Å². The van der Waals surface area contributed by atoms with Crippen molar-refractivity contribution in [3.8, 4) is 6.07 Å². The summed E-state index contributed by atoms with van der Waals surface area (Å²) in [5.41, 5.74) is 3.14. The smallest absolute Gasteiger partial charge is 0.255 e. The highest BCUT2D eigenvalue weighted by Gasteiger charge is 2.17. The molecule has 156 valence electrons. The van der Waals surface area contributed by atoms with Crippen LogP contribution in [0.2, 0.25) is 5.02 Å². The van der Waals surface area contributed by atoms with Crippen LogP contribution in [0.15, 0.2) is 72.8 Å². The molecular formula is C25H22ClN3O2. The van der Waals surface area contributed by atoms with E-state index in [0.29, 0.717) is 27.5 Å². The summed E-state index contributed by atoms with van der Waals surface area (Å²) < 4.78 is 0. The number of amides is 2. The molecule has 3 aromatic rings. The van der Waals surface area contributed by atoms with Crippen molar-refractivity contribution in [2.45, 2.75) is 19.8 Å². The van der Waals surface area contributed by atoms with E-state index in [1.165, 1.54) is 0 Å². The molecule has 0 fully saturated rings. The Morgan fingerprint density at radius 3 is 2.13 bits per heavy atom. The van der Waals surface area contributed by atoms with Gasteiger partial charge in [0, 0.05) is 27.9 Å². The molecule has 0 aliphatic rings. The predicted octanol–water partition coefficient (Wildman–Crippen LogP) is 5.84. The Hall–Kier alpha value is -3.62. The summed E-state index contributed by atoms with van der Waals surface area (Å²) in [6.07, 6.45) is 0. The van der Waals surface area contributed by atoms with E-state index in [9.17, 15) is 14.9 Å². The lowest BCUT2D eigenvalue weighted by Crippen LogP contribution is -2.18. The molecular weight excluding hydrogens is 410 g/mol. The Labute approximate surface area is 186 Å². The van der Waals surface area contributed by atoms with Crippen molar-refractivity contribution in [2.24, 2.45) is 5.92 Å². The molecule has 3 rings (SSSR count). The highest BCUT2D eigenvalue weighted by molar-refractivity contribution is 6.32. The number of nitrogens with zero attached hydrogens (tertiary/aromatic N) is 1. The predicted molar refractivity (Wildman–Crippen MR) is 123 cm³/mol. The lowest BCUT2D eigenvalue weighted by molar-refractivity contribution is -0.118. The summed E-state index contributed by atoms with van der Waals surface area (Å²) in [4.78, 5) is 24.3. The molecule has 6 heteroatoms. The van der Waals surface area contributed by atoms with Gasteiger partial charge in [0.25, 0.3) is 5.91 Å². The second kappa shape index (κ2) is 9.92. The summed E-state index contributed by atoms with van der Waals surface area (Å²) >= 11 is 6.43. The molecule has 1 unspecified atom stereocenters. The van der Waals surface area contributed by atoms with E-state index in [2.05, 4.69) is 16.7 Å². The third-order valence-electron chi connectivity index (χ3n) is 4.77. The van der Waals surface area contributed by atoms with Crippen LogP contribution in [-0.2, 0) is 4.79 Å². The minimum atomic E-state index is -0.493. The average Bonchev–Trinajstić information content (AvgIpc) is 2.77. The standard InChI is InChI=1S/C25H22ClN3O2/c1-16(2)24(30)28-19-10-8-18(9-11-19)25(31)29-20-12-13-21(23(26)14-20)22(15-27)17-6-4-3-5-7-17/h3-14,16,22H,1-2H3,(H,28,30)(H,29,31). The minimum absolute atomic E-state index is 0.0851. The summed E-state index contributed by atoms with van der Waals surface area (Å²) in [6.45, 7) is 3.62. The molecule has 31 heavy (non-hydrogen) atoms. The van der Waals surface area contributed by atoms with Crippen LogP contribution in [0, 0.1) is 17.2 Å². The van der Waals surface area contributed by atoms with Crippen molar-refractivity contribution >= 4 is 34.8 Å². The van der Waals surface area contributed by atoms with Gasteiger partial charge in [0.1, 0.15) is 0 Å². The van der Waals surface area contributed by atoms with Gasteiger partial charge in [0.05, 0.1) is 12.0 Å². The number of carbonyl (C=O) groups is 2. The van der Waals surface area contributed by atoms with Crippen molar-refractivity contribution in [1.82, 2.24) is 0 Å². The number of nitrogens with one attached hydrogen (secondary N) is 2. The summed E-state index contributed by atoms with van der Waals surface area (Å²) in [5, 5.41) is 15.6. The van der Waals surface area contributed by atoms with E-state index >= 15 is 0 Å². The van der Waals surface area contributed by atoms with E-state index < -0.39 is 5.92 Å². The highest BCUT2D eigenvalue weighted by Crippen LogP contribution is 2.32. The molecule has 0 bridgehead atoms. The van der Waals surface area contributed by atoms with Crippen LogP contribution < -0.4 is 10.6 Å². The molecule has 0 spiro atoms. The fourth-order valence-corrected chi connectivity index (χ4v) is 3.29. The largest absolute Gasteiger partial charge is 0.326 e. The monoisotopic (exact) mass is 431 g/mol. The van der Waals surface area contributed by atoms with Gasteiger partial charge in [-0.25, -0.2) is 0 Å². The maximum Gasteiger partial charge on any atom is 0.255 e. The van der Waals surface area contributed by atoms with Gasteiger partial charge in [0.2, 0.25) is 5.91 Å². The van der Waals surface area contributed by atoms with Crippen molar-refractivity contribution in [3.05, 3.63) is 94.5 Å². The number of rotatable bonds is 6. The van der Waals surface area contributed by atoms with Crippen molar-refractivity contribution in [3.63, 3.8) is 0 Å². The third-order valence-corrected chi connectivity index (χ3v) is 5.10. The van der Waals surface area contributed by atoms with Crippen LogP contribution in [0.25, 0.3) is 0 Å². The van der Waals surface area contributed by atoms with Crippen LogP contribution in [-0.4, -0.2) is 11.8 Å². The van der Waals surface area contributed by atoms with Crippen LogP contribution in [0.3, 0.4) is 0 Å². The fraction of sp³-hybridized carbons (Fsp3) is 0.160. The number of hydrogen-bond acceptors (Lipinski definition) is 3. The van der Waals surface area contributed by atoms with Crippen LogP contribution in [0.5, 0.6) is 0 Å². The Morgan fingerprint density at radius 2 is 1.55 bits per heavy atom. The molecule has 5 nitrogen and oxygen atoms in total. The molecule has 0 heterocycles. The van der Waals surface area contributed by atoms with Gasteiger partial charge in [-0.2, -0.15) is 5.26 Å². The van der Waals surface area contributed by atoms with Crippen molar-refractivity contribution in [1.29, 1.82) is 5.26 Å². The number of nitriles is 1. The van der Waals surface area contributed by atoms with E-state index in [-0.39, 0.29) is 17.7 Å². The molecule has 0 radical (unpaired) electrons. The van der Waals surface area contributed by atoms with Gasteiger partial charge in [-0.15, -0.1) is 0 Å². The Balaban J connectivity index is 1.72. The SMILES string of the molecule is CC(C)C(=O)Nc1ccc(C(=O)Nc2ccc(C(C#N)c3ccccc3)c(Cl)c2)cc1. The molecule has 2 N–H and O–H groups in total. The normalized spacial score (nSPS) is 11.5. The lowest BCUT2D eigenvalue weighted by Gasteiger charge is -2.14. The Morgan fingerprint density at radius 1 is 0.903 bits per heavy atom. The zero-order valence-electron chi connectivity index (χ0n) is 17.2. The summed E-state index contributed by atoms with van der Waals surface area (Å²) in [7, 11) is 0. The molecule has 0 saturated carbocycles. The molecule has 0 aromatic heterocycles. The second-order valence-electron chi connectivity index (χ2n) is 7.38. The van der Waals surface area contributed by atoms with E-state index in [4.69, 9.17) is 11.6 Å². The lowest BCUT2D eigenvalue weighted by atomic mass is 9.92. The number of hydrogen-bond donors (Lipinski definition) is 2. The number of benzene rings is 3. The maximum atomic E-state index is 12.6. The van der Waals surface area contributed by atoms with Gasteiger partial charge in [0.15, 0.2) is 0 Å². The molecule has 0 aliphatic carbocycles. The Kier molecular flexibility index (Phi) is 7.07. The van der Waals surface area contributed by atoms with Gasteiger partial charge in [-0.3, -0.25) is 9.59 Å². The second-order valence-corrected chi connectivity index (χ2v) is 7.79. The number of anilines is 2. The molecule has 3 aromatic carbocycles. The van der Waals surface area contributed by atoms with E-state index in [1.54, 1.807) is 42.5 Å². The first kappa shape index (κ1) is 22.1. The molecule has 1 atom stereocenters. The summed E-state index contributed by atoms with van der Waals surface area (Å²) in [5.74, 6) is -1.01. The Bertz CT molecular complexity index is 1120. The van der Waals surface area contributed by atoms with E-state index in [1.807, 2.05) is 44.2 Å². The first-order chi connectivity index (χ1) is 14.9. The third kappa shape index (κ3) is 5.50. The molecule has 2 amide bonds.